The first-order valence-electron chi connectivity index (χ1n) is 4.99. The van der Waals surface area contributed by atoms with E-state index in [9.17, 15) is 0 Å². The Labute approximate surface area is 97.9 Å². The first-order chi connectivity index (χ1) is 6.76. The Morgan fingerprint density at radius 3 is 2.86 bits per heavy atom. The Kier molecular flexibility index (Phi) is 2.90. The van der Waals surface area contributed by atoms with Crippen molar-refractivity contribution in [2.24, 2.45) is 0 Å². The Bertz CT molecular complexity index is 317. The van der Waals surface area contributed by atoms with Gasteiger partial charge in [-0.3, -0.25) is 0 Å². The average Bonchev–Trinajstić information content (AvgIpc) is 2.14. The second kappa shape index (κ2) is 4.00. The van der Waals surface area contributed by atoms with Crippen LogP contribution in [0.5, 0.6) is 0 Å². The van der Waals surface area contributed by atoms with Crippen LogP contribution in [0.4, 0.5) is 5.82 Å². The summed E-state index contributed by atoms with van der Waals surface area (Å²) in [7, 11) is 0. The molecule has 0 amide bonds. The molecule has 0 aromatic carbocycles. The summed E-state index contributed by atoms with van der Waals surface area (Å²) in [5.41, 5.74) is 0.314. The van der Waals surface area contributed by atoms with Gasteiger partial charge in [0.25, 0.3) is 0 Å². The number of nitrogens with zero attached hydrogens (tertiary/aromatic N) is 2. The number of halogens is 1. The minimum atomic E-state index is 0.314. The van der Waals surface area contributed by atoms with Crippen molar-refractivity contribution in [3.63, 3.8) is 0 Å². The van der Waals surface area contributed by atoms with Gasteiger partial charge in [-0.05, 0) is 48.3 Å². The quantitative estimate of drug-likeness (QED) is 0.873. The van der Waals surface area contributed by atoms with Gasteiger partial charge in [0.15, 0.2) is 0 Å². The van der Waals surface area contributed by atoms with Crippen LogP contribution in [-0.2, 0) is 0 Å². The van der Waals surface area contributed by atoms with Crippen molar-refractivity contribution in [3.8, 4) is 0 Å². The van der Waals surface area contributed by atoms with Gasteiger partial charge in [0, 0.05) is 11.7 Å². The van der Waals surface area contributed by atoms with Crippen LogP contribution in [0.3, 0.4) is 0 Å². The predicted molar refractivity (Wildman–Crippen MR) is 65.2 cm³/mol. The third-order valence-electron chi connectivity index (χ3n) is 3.04. The number of hydrogen-bond donors (Lipinski definition) is 1. The van der Waals surface area contributed by atoms with Gasteiger partial charge in [0.2, 0.25) is 0 Å². The largest absolute Gasteiger partial charge is 0.364 e. The molecule has 1 heterocycles. The lowest BCUT2D eigenvalue weighted by atomic mass is 9.75. The van der Waals surface area contributed by atoms with Gasteiger partial charge < -0.3 is 5.32 Å². The summed E-state index contributed by atoms with van der Waals surface area (Å²) < 4.78 is 1.10. The molecule has 0 atom stereocenters. The summed E-state index contributed by atoms with van der Waals surface area (Å²) in [6.07, 6.45) is 8.49. The third-order valence-corrected chi connectivity index (χ3v) is 3.83. The van der Waals surface area contributed by atoms with Crippen LogP contribution in [0.2, 0.25) is 0 Å². The molecule has 0 saturated heterocycles. The monoisotopic (exact) mass is 303 g/mol. The van der Waals surface area contributed by atoms with Crippen molar-refractivity contribution in [1.29, 1.82) is 0 Å². The maximum absolute atomic E-state index is 4.26. The molecule has 0 unspecified atom stereocenters. The number of anilines is 1. The highest BCUT2D eigenvalue weighted by molar-refractivity contribution is 14.1. The van der Waals surface area contributed by atoms with Crippen molar-refractivity contribution < 1.29 is 0 Å². The normalized spacial score (nSPS) is 18.7. The molecule has 1 fully saturated rings. The molecular formula is C10H14IN3. The minimum absolute atomic E-state index is 0.314. The van der Waals surface area contributed by atoms with Crippen molar-refractivity contribution in [2.45, 2.75) is 38.1 Å². The summed E-state index contributed by atoms with van der Waals surface area (Å²) in [6, 6.07) is 0. The van der Waals surface area contributed by atoms with E-state index < -0.39 is 0 Å². The van der Waals surface area contributed by atoms with Gasteiger partial charge in [0.05, 0.1) is 3.57 Å². The van der Waals surface area contributed by atoms with E-state index in [2.05, 4.69) is 44.8 Å². The van der Waals surface area contributed by atoms with E-state index >= 15 is 0 Å². The molecule has 4 heteroatoms. The molecule has 76 valence electrons. The average molecular weight is 303 g/mol. The second-order valence-electron chi connectivity index (χ2n) is 3.83. The lowest BCUT2D eigenvalue weighted by Crippen LogP contribution is -2.44. The highest BCUT2D eigenvalue weighted by Gasteiger charge is 2.35. The molecule has 14 heavy (non-hydrogen) atoms. The number of rotatable bonds is 3. The molecule has 3 nitrogen and oxygen atoms in total. The molecule has 1 N–H and O–H groups in total. The van der Waals surface area contributed by atoms with Crippen LogP contribution in [0.15, 0.2) is 12.5 Å². The Hall–Kier alpha value is -0.390. The number of aromatic nitrogens is 2. The van der Waals surface area contributed by atoms with E-state index in [4.69, 9.17) is 0 Å². The zero-order chi connectivity index (χ0) is 10.0. The number of nitrogens with one attached hydrogen (secondary N) is 1. The fourth-order valence-electron chi connectivity index (χ4n) is 1.83. The van der Waals surface area contributed by atoms with E-state index in [-0.39, 0.29) is 0 Å². The van der Waals surface area contributed by atoms with E-state index in [1.54, 1.807) is 6.33 Å². The first kappa shape index (κ1) is 10.1. The maximum atomic E-state index is 4.26. The van der Waals surface area contributed by atoms with Crippen LogP contribution in [0.25, 0.3) is 0 Å². The minimum Gasteiger partial charge on any atom is -0.364 e. The van der Waals surface area contributed by atoms with Gasteiger partial charge in [-0.25, -0.2) is 9.97 Å². The number of hydrogen-bond acceptors (Lipinski definition) is 3. The zero-order valence-corrected chi connectivity index (χ0v) is 10.4. The van der Waals surface area contributed by atoms with Crippen LogP contribution in [0.1, 0.15) is 32.6 Å². The standard InChI is InChI=1S/C10H14IN3/c1-2-10(4-3-5-10)14-9-8(11)6-12-7-13-9/h6-7H,2-5H2,1H3,(H,12,13,14). The molecule has 1 aliphatic rings. The SMILES string of the molecule is CCC1(Nc2ncncc2I)CCC1. The Morgan fingerprint density at radius 2 is 2.36 bits per heavy atom. The predicted octanol–water partition coefficient (Wildman–Crippen LogP) is 2.83. The molecule has 2 rings (SSSR count). The van der Waals surface area contributed by atoms with Gasteiger partial charge in [-0.15, -0.1) is 0 Å². The lowest BCUT2D eigenvalue weighted by molar-refractivity contribution is 0.268. The fourth-order valence-corrected chi connectivity index (χ4v) is 2.26. The summed E-state index contributed by atoms with van der Waals surface area (Å²) in [4.78, 5) is 8.25. The lowest BCUT2D eigenvalue weighted by Gasteiger charge is -2.42. The fraction of sp³-hybridized carbons (Fsp3) is 0.600. The van der Waals surface area contributed by atoms with Gasteiger partial charge in [0.1, 0.15) is 12.1 Å². The summed E-state index contributed by atoms with van der Waals surface area (Å²) in [5, 5.41) is 3.55. The van der Waals surface area contributed by atoms with Crippen molar-refractivity contribution in [3.05, 3.63) is 16.1 Å². The molecule has 0 radical (unpaired) electrons. The molecule has 0 aliphatic heterocycles. The maximum Gasteiger partial charge on any atom is 0.143 e. The van der Waals surface area contributed by atoms with Crippen LogP contribution in [0, 0.1) is 3.57 Å². The topological polar surface area (TPSA) is 37.8 Å². The summed E-state index contributed by atoms with van der Waals surface area (Å²) in [5.74, 6) is 0.988. The first-order valence-corrected chi connectivity index (χ1v) is 6.07. The molecular weight excluding hydrogens is 289 g/mol. The molecule has 1 aromatic rings. The highest BCUT2D eigenvalue weighted by Crippen LogP contribution is 2.38. The van der Waals surface area contributed by atoms with E-state index in [0.29, 0.717) is 5.54 Å². The van der Waals surface area contributed by atoms with Crippen molar-refractivity contribution in [1.82, 2.24) is 9.97 Å². The zero-order valence-electron chi connectivity index (χ0n) is 8.26. The molecule has 0 bridgehead atoms. The van der Waals surface area contributed by atoms with Gasteiger partial charge in [-0.2, -0.15) is 0 Å². The third kappa shape index (κ3) is 1.85. The summed E-state index contributed by atoms with van der Waals surface area (Å²) >= 11 is 2.27. The van der Waals surface area contributed by atoms with Crippen molar-refractivity contribution in [2.75, 3.05) is 5.32 Å². The van der Waals surface area contributed by atoms with E-state index in [1.165, 1.54) is 25.7 Å². The molecule has 1 saturated carbocycles. The summed E-state index contributed by atoms with van der Waals surface area (Å²) in [6.45, 7) is 2.24. The Balaban J connectivity index is 2.13. The van der Waals surface area contributed by atoms with E-state index in [0.717, 1.165) is 9.39 Å². The van der Waals surface area contributed by atoms with Crippen LogP contribution in [-0.4, -0.2) is 15.5 Å². The smallest absolute Gasteiger partial charge is 0.143 e. The highest BCUT2D eigenvalue weighted by atomic mass is 127. The van der Waals surface area contributed by atoms with Crippen LogP contribution < -0.4 is 5.32 Å². The second-order valence-corrected chi connectivity index (χ2v) is 4.99. The Morgan fingerprint density at radius 1 is 1.57 bits per heavy atom. The van der Waals surface area contributed by atoms with Crippen molar-refractivity contribution >= 4 is 28.4 Å². The van der Waals surface area contributed by atoms with Gasteiger partial charge >= 0.3 is 0 Å². The van der Waals surface area contributed by atoms with Gasteiger partial charge in [-0.1, -0.05) is 6.92 Å². The van der Waals surface area contributed by atoms with E-state index in [1.807, 2.05) is 6.20 Å². The molecule has 1 aliphatic carbocycles. The van der Waals surface area contributed by atoms with Crippen LogP contribution >= 0.6 is 22.6 Å². The molecule has 0 spiro atoms. The molecule has 1 aromatic heterocycles.